The highest BCUT2D eigenvalue weighted by atomic mass is 35.5. The molecule has 1 atom stereocenters. The van der Waals surface area contributed by atoms with Gasteiger partial charge in [-0.2, -0.15) is 5.10 Å². The SMILES string of the molecule is COc1cc(C=NNC(=O)C(C)Oc2ccc3ccccc3c2)ccc1OC(=O)c1ccc(Cl)cc1. The minimum atomic E-state index is -0.757. The van der Waals surface area contributed by atoms with Crippen LogP contribution < -0.4 is 19.6 Å². The van der Waals surface area contributed by atoms with Crippen molar-refractivity contribution in [2.75, 3.05) is 7.11 Å². The van der Waals surface area contributed by atoms with Crippen LogP contribution in [0.15, 0.2) is 90.0 Å². The van der Waals surface area contributed by atoms with Gasteiger partial charge in [0.15, 0.2) is 17.6 Å². The van der Waals surface area contributed by atoms with Crippen LogP contribution in [0.25, 0.3) is 10.8 Å². The lowest BCUT2D eigenvalue weighted by Crippen LogP contribution is -2.33. The third kappa shape index (κ3) is 6.20. The van der Waals surface area contributed by atoms with Gasteiger partial charge in [-0.1, -0.05) is 41.9 Å². The van der Waals surface area contributed by atoms with Crippen molar-refractivity contribution >= 4 is 40.5 Å². The van der Waals surface area contributed by atoms with E-state index in [1.807, 2.05) is 42.5 Å². The van der Waals surface area contributed by atoms with Gasteiger partial charge < -0.3 is 14.2 Å². The van der Waals surface area contributed by atoms with Crippen molar-refractivity contribution in [1.29, 1.82) is 0 Å². The molecule has 36 heavy (non-hydrogen) atoms. The Labute approximate surface area is 213 Å². The average Bonchev–Trinajstić information content (AvgIpc) is 2.89. The number of hydrogen-bond donors (Lipinski definition) is 1. The molecule has 182 valence electrons. The van der Waals surface area contributed by atoms with E-state index >= 15 is 0 Å². The molecule has 0 bridgehead atoms. The van der Waals surface area contributed by atoms with Crippen LogP contribution in [0.2, 0.25) is 5.02 Å². The Balaban J connectivity index is 1.35. The predicted molar refractivity (Wildman–Crippen MR) is 139 cm³/mol. The maximum absolute atomic E-state index is 12.4. The zero-order valence-electron chi connectivity index (χ0n) is 19.6. The van der Waals surface area contributed by atoms with Gasteiger partial charge in [0.2, 0.25) is 0 Å². The molecule has 0 spiro atoms. The van der Waals surface area contributed by atoms with Gasteiger partial charge in [-0.25, -0.2) is 10.2 Å². The fourth-order valence-electron chi connectivity index (χ4n) is 3.35. The number of carbonyl (C=O) groups is 2. The van der Waals surface area contributed by atoms with Crippen molar-refractivity contribution < 1.29 is 23.8 Å². The average molecular weight is 503 g/mol. The lowest BCUT2D eigenvalue weighted by molar-refractivity contribution is -0.127. The second kappa shape index (κ2) is 11.4. The number of esters is 1. The van der Waals surface area contributed by atoms with Crippen molar-refractivity contribution in [3.05, 3.63) is 101 Å². The van der Waals surface area contributed by atoms with Gasteiger partial charge in [0, 0.05) is 5.02 Å². The summed E-state index contributed by atoms with van der Waals surface area (Å²) in [6, 6.07) is 24.8. The second-order valence-electron chi connectivity index (χ2n) is 7.81. The van der Waals surface area contributed by atoms with E-state index in [1.165, 1.54) is 13.3 Å². The molecule has 4 rings (SSSR count). The number of benzene rings is 4. The normalized spacial score (nSPS) is 11.8. The van der Waals surface area contributed by atoms with Crippen LogP contribution in [0.1, 0.15) is 22.8 Å². The number of ether oxygens (including phenoxy) is 3. The van der Waals surface area contributed by atoms with E-state index in [0.29, 0.717) is 27.6 Å². The number of nitrogens with one attached hydrogen (secondary N) is 1. The van der Waals surface area contributed by atoms with Crippen molar-refractivity contribution in [3.63, 3.8) is 0 Å². The predicted octanol–water partition coefficient (Wildman–Crippen LogP) is 5.64. The van der Waals surface area contributed by atoms with Crippen LogP contribution >= 0.6 is 11.6 Å². The summed E-state index contributed by atoms with van der Waals surface area (Å²) in [6.45, 7) is 1.65. The minimum absolute atomic E-state index is 0.246. The monoisotopic (exact) mass is 502 g/mol. The number of rotatable bonds is 8. The number of methoxy groups -OCH3 is 1. The molecule has 0 aliphatic carbocycles. The van der Waals surface area contributed by atoms with Crippen LogP contribution in [-0.2, 0) is 4.79 Å². The molecule has 7 nitrogen and oxygen atoms in total. The molecule has 8 heteroatoms. The topological polar surface area (TPSA) is 86.2 Å². The Morgan fingerprint density at radius 2 is 1.67 bits per heavy atom. The largest absolute Gasteiger partial charge is 0.493 e. The Morgan fingerprint density at radius 3 is 2.42 bits per heavy atom. The summed E-state index contributed by atoms with van der Waals surface area (Å²) in [7, 11) is 1.46. The summed E-state index contributed by atoms with van der Waals surface area (Å²) in [5.74, 6) is 0.226. The number of hydrogen-bond acceptors (Lipinski definition) is 6. The number of halogens is 1. The molecule has 1 amide bonds. The second-order valence-corrected chi connectivity index (χ2v) is 8.25. The molecule has 0 fully saturated rings. The zero-order chi connectivity index (χ0) is 25.5. The van der Waals surface area contributed by atoms with E-state index in [9.17, 15) is 9.59 Å². The van der Waals surface area contributed by atoms with Crippen molar-refractivity contribution in [3.8, 4) is 17.2 Å². The third-order valence-corrected chi connectivity index (χ3v) is 5.51. The van der Waals surface area contributed by atoms with E-state index in [-0.39, 0.29) is 5.75 Å². The Kier molecular flexibility index (Phi) is 7.82. The van der Waals surface area contributed by atoms with E-state index in [1.54, 1.807) is 49.4 Å². The summed E-state index contributed by atoms with van der Waals surface area (Å²) in [5.41, 5.74) is 3.45. The minimum Gasteiger partial charge on any atom is -0.493 e. The van der Waals surface area contributed by atoms with Crippen molar-refractivity contribution in [2.24, 2.45) is 5.10 Å². The summed E-state index contributed by atoms with van der Waals surface area (Å²) in [5, 5.41) is 6.63. The van der Waals surface area contributed by atoms with Gasteiger partial charge in [0.25, 0.3) is 5.91 Å². The Morgan fingerprint density at radius 1 is 0.917 bits per heavy atom. The molecular weight excluding hydrogens is 480 g/mol. The third-order valence-electron chi connectivity index (χ3n) is 5.26. The molecule has 1 N–H and O–H groups in total. The molecule has 4 aromatic carbocycles. The first-order valence-electron chi connectivity index (χ1n) is 11.1. The first kappa shape index (κ1) is 24.8. The Hall–Kier alpha value is -4.36. The van der Waals surface area contributed by atoms with Crippen LogP contribution in [0.4, 0.5) is 0 Å². The van der Waals surface area contributed by atoms with Gasteiger partial charge in [0.05, 0.1) is 18.9 Å². The highest BCUT2D eigenvalue weighted by Gasteiger charge is 2.15. The van der Waals surface area contributed by atoms with Crippen LogP contribution in [0.3, 0.4) is 0 Å². The molecule has 0 aromatic heterocycles. The fraction of sp³-hybridized carbons (Fsp3) is 0.107. The first-order valence-corrected chi connectivity index (χ1v) is 11.4. The summed E-state index contributed by atoms with van der Waals surface area (Å²) in [6.07, 6.45) is 0.695. The Bertz CT molecular complexity index is 1420. The highest BCUT2D eigenvalue weighted by molar-refractivity contribution is 6.30. The molecule has 1 unspecified atom stereocenters. The van der Waals surface area contributed by atoms with Gasteiger partial charge in [-0.05, 0) is 77.9 Å². The van der Waals surface area contributed by atoms with E-state index in [2.05, 4.69) is 10.5 Å². The van der Waals surface area contributed by atoms with E-state index in [0.717, 1.165) is 10.8 Å². The molecule has 0 radical (unpaired) electrons. The van der Waals surface area contributed by atoms with Crippen LogP contribution in [-0.4, -0.2) is 31.3 Å². The van der Waals surface area contributed by atoms with Gasteiger partial charge in [0.1, 0.15) is 5.75 Å². The number of hydrazone groups is 1. The molecular formula is C28H23ClN2O5. The molecule has 0 saturated heterocycles. The lowest BCUT2D eigenvalue weighted by atomic mass is 10.1. The van der Waals surface area contributed by atoms with Crippen LogP contribution in [0, 0.1) is 0 Å². The van der Waals surface area contributed by atoms with Crippen molar-refractivity contribution in [2.45, 2.75) is 13.0 Å². The van der Waals surface area contributed by atoms with Gasteiger partial charge in [-0.3, -0.25) is 4.79 Å². The standard InChI is InChI=1S/C28H23ClN2O5/c1-18(35-24-13-10-20-5-3-4-6-22(20)16-24)27(32)31-30-17-19-7-14-25(26(15-19)34-2)36-28(33)21-8-11-23(29)12-9-21/h3-18H,1-2H3,(H,31,32). The highest BCUT2D eigenvalue weighted by Crippen LogP contribution is 2.28. The summed E-state index contributed by atoms with van der Waals surface area (Å²) < 4.78 is 16.5. The smallest absolute Gasteiger partial charge is 0.343 e. The molecule has 0 aliphatic heterocycles. The number of amides is 1. The summed E-state index contributed by atoms with van der Waals surface area (Å²) >= 11 is 5.86. The van der Waals surface area contributed by atoms with E-state index < -0.39 is 18.0 Å². The molecule has 4 aromatic rings. The lowest BCUT2D eigenvalue weighted by Gasteiger charge is -2.13. The molecule has 0 aliphatic rings. The van der Waals surface area contributed by atoms with E-state index in [4.69, 9.17) is 25.8 Å². The number of nitrogens with zero attached hydrogens (tertiary/aromatic N) is 1. The maximum Gasteiger partial charge on any atom is 0.343 e. The first-order chi connectivity index (χ1) is 17.4. The zero-order valence-corrected chi connectivity index (χ0v) is 20.4. The quantitative estimate of drug-likeness (QED) is 0.146. The maximum atomic E-state index is 12.4. The number of fused-ring (bicyclic) bond motifs is 1. The summed E-state index contributed by atoms with van der Waals surface area (Å²) in [4.78, 5) is 24.8. The molecule has 0 saturated carbocycles. The molecule has 0 heterocycles. The fourth-order valence-corrected chi connectivity index (χ4v) is 3.48. The number of carbonyl (C=O) groups excluding carboxylic acids is 2. The van der Waals surface area contributed by atoms with Crippen LogP contribution in [0.5, 0.6) is 17.2 Å². The van der Waals surface area contributed by atoms with Crippen molar-refractivity contribution in [1.82, 2.24) is 5.43 Å². The van der Waals surface area contributed by atoms with Gasteiger partial charge in [-0.15, -0.1) is 0 Å². The van der Waals surface area contributed by atoms with Gasteiger partial charge >= 0.3 is 5.97 Å².